The maximum atomic E-state index is 12.6. The second-order valence-electron chi connectivity index (χ2n) is 2.06. The van der Waals surface area contributed by atoms with Crippen LogP contribution in [0.15, 0.2) is 18.2 Å². The monoisotopic (exact) mass is 176 g/mol. The number of benzene rings is 1. The standard InChI is InChI=1S/C7H9FN2.ClH/c8-6-3-5(4-9)1-2-7(6)10;/h1-3H,4,9-10H2;1H. The maximum absolute atomic E-state index is 12.6. The van der Waals surface area contributed by atoms with E-state index in [9.17, 15) is 4.39 Å². The second kappa shape index (κ2) is 4.16. The Morgan fingerprint density at radius 2 is 2.00 bits per heavy atom. The molecular weight excluding hydrogens is 167 g/mol. The van der Waals surface area contributed by atoms with E-state index in [0.717, 1.165) is 5.56 Å². The number of hydrogen-bond donors (Lipinski definition) is 2. The first kappa shape index (κ1) is 10.2. The first-order chi connectivity index (χ1) is 4.74. The molecule has 0 heterocycles. The fraction of sp³-hybridized carbons (Fsp3) is 0.143. The number of rotatable bonds is 1. The van der Waals surface area contributed by atoms with E-state index in [-0.39, 0.29) is 18.1 Å². The van der Waals surface area contributed by atoms with Gasteiger partial charge in [-0.05, 0) is 17.7 Å². The molecule has 0 aliphatic carbocycles. The normalized spacial score (nSPS) is 8.91. The molecule has 1 aromatic carbocycles. The number of nitrogens with two attached hydrogens (primary N) is 2. The molecule has 4 heteroatoms. The molecule has 0 saturated carbocycles. The van der Waals surface area contributed by atoms with Crippen LogP contribution in [0, 0.1) is 5.82 Å². The molecule has 0 unspecified atom stereocenters. The molecule has 2 nitrogen and oxygen atoms in total. The highest BCUT2D eigenvalue weighted by atomic mass is 35.5. The maximum Gasteiger partial charge on any atom is 0.146 e. The predicted octanol–water partition coefficient (Wildman–Crippen LogP) is 1.29. The molecule has 0 fully saturated rings. The molecule has 0 saturated heterocycles. The molecule has 4 N–H and O–H groups in total. The van der Waals surface area contributed by atoms with Crippen molar-refractivity contribution >= 4 is 18.1 Å². The van der Waals surface area contributed by atoms with Crippen molar-refractivity contribution in [3.8, 4) is 0 Å². The Balaban J connectivity index is 0.000001000. The van der Waals surface area contributed by atoms with Gasteiger partial charge < -0.3 is 11.5 Å². The smallest absolute Gasteiger partial charge is 0.146 e. The van der Waals surface area contributed by atoms with Gasteiger partial charge in [-0.3, -0.25) is 0 Å². The van der Waals surface area contributed by atoms with Crippen LogP contribution in [0.25, 0.3) is 0 Å². The Labute approximate surface area is 70.8 Å². The second-order valence-corrected chi connectivity index (χ2v) is 2.06. The SMILES string of the molecule is Cl.NCc1ccc(N)c(F)c1. The van der Waals surface area contributed by atoms with Crippen LogP contribution in [0.2, 0.25) is 0 Å². The third-order valence-electron chi connectivity index (χ3n) is 1.30. The minimum Gasteiger partial charge on any atom is -0.396 e. The van der Waals surface area contributed by atoms with Crippen LogP contribution in [0.1, 0.15) is 5.56 Å². The Bertz CT molecular complexity index is 240. The summed E-state index contributed by atoms with van der Waals surface area (Å²) in [6.45, 7) is 0.344. The van der Waals surface area contributed by atoms with Crippen LogP contribution in [0.3, 0.4) is 0 Å². The van der Waals surface area contributed by atoms with E-state index in [1.807, 2.05) is 0 Å². The zero-order valence-electron chi connectivity index (χ0n) is 5.88. The molecule has 0 amide bonds. The molecule has 0 aromatic heterocycles. The van der Waals surface area contributed by atoms with Gasteiger partial charge in [0.05, 0.1) is 5.69 Å². The highest BCUT2D eigenvalue weighted by Gasteiger charge is 1.96. The average Bonchev–Trinajstić information content (AvgIpc) is 1.95. The summed E-state index contributed by atoms with van der Waals surface area (Å²) in [7, 11) is 0. The van der Waals surface area contributed by atoms with Gasteiger partial charge in [0.15, 0.2) is 0 Å². The molecule has 62 valence electrons. The van der Waals surface area contributed by atoms with Gasteiger partial charge in [0.1, 0.15) is 5.82 Å². The Kier molecular flexibility index (Phi) is 3.85. The zero-order chi connectivity index (χ0) is 7.56. The Morgan fingerprint density at radius 3 is 2.45 bits per heavy atom. The molecule has 1 rings (SSSR count). The van der Waals surface area contributed by atoms with Crippen LogP contribution in [-0.4, -0.2) is 0 Å². The van der Waals surface area contributed by atoms with Crippen molar-refractivity contribution in [1.29, 1.82) is 0 Å². The Morgan fingerprint density at radius 1 is 1.36 bits per heavy atom. The van der Waals surface area contributed by atoms with Gasteiger partial charge in [0.25, 0.3) is 0 Å². The van der Waals surface area contributed by atoms with E-state index in [2.05, 4.69) is 0 Å². The lowest BCUT2D eigenvalue weighted by molar-refractivity contribution is 0.630. The van der Waals surface area contributed by atoms with Crippen molar-refractivity contribution in [3.05, 3.63) is 29.6 Å². The van der Waals surface area contributed by atoms with Gasteiger partial charge in [-0.25, -0.2) is 4.39 Å². The quantitative estimate of drug-likeness (QED) is 0.634. The number of halogens is 2. The van der Waals surface area contributed by atoms with Crippen molar-refractivity contribution < 1.29 is 4.39 Å². The first-order valence-corrected chi connectivity index (χ1v) is 2.98. The number of anilines is 1. The summed E-state index contributed by atoms with van der Waals surface area (Å²) in [6, 6.07) is 4.56. The van der Waals surface area contributed by atoms with E-state index >= 15 is 0 Å². The number of nitrogen functional groups attached to an aromatic ring is 1. The summed E-state index contributed by atoms with van der Waals surface area (Å²) in [5, 5.41) is 0. The minimum absolute atomic E-state index is 0. The van der Waals surface area contributed by atoms with E-state index in [4.69, 9.17) is 11.5 Å². The van der Waals surface area contributed by atoms with E-state index in [0.29, 0.717) is 6.54 Å². The summed E-state index contributed by atoms with van der Waals surface area (Å²) in [6.07, 6.45) is 0. The average molecular weight is 177 g/mol. The summed E-state index contributed by atoms with van der Waals surface area (Å²) in [5.41, 5.74) is 11.4. The molecule has 0 radical (unpaired) electrons. The summed E-state index contributed by atoms with van der Waals surface area (Å²) >= 11 is 0. The number of hydrogen-bond acceptors (Lipinski definition) is 2. The van der Waals surface area contributed by atoms with Crippen LogP contribution >= 0.6 is 12.4 Å². The van der Waals surface area contributed by atoms with Crippen molar-refractivity contribution in [1.82, 2.24) is 0 Å². The lowest BCUT2D eigenvalue weighted by atomic mass is 10.2. The van der Waals surface area contributed by atoms with Crippen molar-refractivity contribution in [2.45, 2.75) is 6.54 Å². The van der Waals surface area contributed by atoms with Gasteiger partial charge in [-0.1, -0.05) is 6.07 Å². The molecule has 0 aliphatic heterocycles. The predicted molar refractivity (Wildman–Crippen MR) is 46.0 cm³/mol. The lowest BCUT2D eigenvalue weighted by Crippen LogP contribution is -1.98. The van der Waals surface area contributed by atoms with Crippen LogP contribution in [0.5, 0.6) is 0 Å². The van der Waals surface area contributed by atoms with Gasteiger partial charge in [0, 0.05) is 6.54 Å². The molecule has 11 heavy (non-hydrogen) atoms. The summed E-state index contributed by atoms with van der Waals surface area (Å²) < 4.78 is 12.6. The van der Waals surface area contributed by atoms with E-state index in [1.165, 1.54) is 12.1 Å². The minimum atomic E-state index is -0.400. The van der Waals surface area contributed by atoms with Crippen molar-refractivity contribution in [3.63, 3.8) is 0 Å². The van der Waals surface area contributed by atoms with Crippen LogP contribution in [-0.2, 0) is 6.54 Å². The molecule has 0 bridgehead atoms. The summed E-state index contributed by atoms with van der Waals surface area (Å²) in [5.74, 6) is -0.400. The molecule has 0 aliphatic rings. The van der Waals surface area contributed by atoms with Gasteiger partial charge in [0.2, 0.25) is 0 Å². The van der Waals surface area contributed by atoms with Crippen molar-refractivity contribution in [2.24, 2.45) is 5.73 Å². The molecule has 0 atom stereocenters. The fourth-order valence-electron chi connectivity index (χ4n) is 0.698. The highest BCUT2D eigenvalue weighted by Crippen LogP contribution is 2.10. The largest absolute Gasteiger partial charge is 0.396 e. The van der Waals surface area contributed by atoms with Crippen LogP contribution < -0.4 is 11.5 Å². The third-order valence-corrected chi connectivity index (χ3v) is 1.30. The lowest BCUT2D eigenvalue weighted by Gasteiger charge is -1.98. The van der Waals surface area contributed by atoms with Crippen LogP contribution in [0.4, 0.5) is 10.1 Å². The third kappa shape index (κ3) is 2.37. The van der Waals surface area contributed by atoms with Gasteiger partial charge in [-0.15, -0.1) is 12.4 Å². The van der Waals surface area contributed by atoms with Gasteiger partial charge in [-0.2, -0.15) is 0 Å². The molecule has 0 spiro atoms. The highest BCUT2D eigenvalue weighted by molar-refractivity contribution is 5.85. The van der Waals surface area contributed by atoms with E-state index in [1.54, 1.807) is 6.07 Å². The Hall–Kier alpha value is -0.800. The van der Waals surface area contributed by atoms with E-state index < -0.39 is 5.82 Å². The zero-order valence-corrected chi connectivity index (χ0v) is 6.70. The first-order valence-electron chi connectivity index (χ1n) is 2.98. The topological polar surface area (TPSA) is 52.0 Å². The fourth-order valence-corrected chi connectivity index (χ4v) is 0.698. The summed E-state index contributed by atoms with van der Waals surface area (Å²) in [4.78, 5) is 0. The molecular formula is C7H10ClFN2. The molecule has 1 aromatic rings. The van der Waals surface area contributed by atoms with Crippen molar-refractivity contribution in [2.75, 3.05) is 5.73 Å². The van der Waals surface area contributed by atoms with Gasteiger partial charge >= 0.3 is 0 Å².